The SMILES string of the molecule is C[C@H](OC(=O)c1c(Cl)ccc(Cl)c1Cl)C(=O)c1ccc2c(c1)CCC2. The Hall–Kier alpha value is -1.55. The molecule has 0 saturated heterocycles. The molecule has 0 aromatic heterocycles. The van der Waals surface area contributed by atoms with Gasteiger partial charge < -0.3 is 4.74 Å². The van der Waals surface area contributed by atoms with E-state index in [2.05, 4.69) is 0 Å². The van der Waals surface area contributed by atoms with Crippen molar-refractivity contribution in [2.24, 2.45) is 0 Å². The van der Waals surface area contributed by atoms with Crippen LogP contribution in [0.4, 0.5) is 0 Å². The molecular weight excluding hydrogens is 383 g/mol. The summed E-state index contributed by atoms with van der Waals surface area (Å²) < 4.78 is 5.27. The molecule has 0 heterocycles. The molecule has 1 atom stereocenters. The summed E-state index contributed by atoms with van der Waals surface area (Å²) in [6, 6.07) is 8.57. The van der Waals surface area contributed by atoms with Crippen LogP contribution < -0.4 is 0 Å². The fourth-order valence-electron chi connectivity index (χ4n) is 2.95. The standard InChI is InChI=1S/C19H15Cl3O3/c1-10(18(23)13-6-5-11-3-2-4-12(11)9-13)25-19(24)16-14(20)7-8-15(21)17(16)22/h5-10H,2-4H2,1H3/t10-/m0/s1. The van der Waals surface area contributed by atoms with Crippen molar-refractivity contribution < 1.29 is 14.3 Å². The minimum Gasteiger partial charge on any atom is -0.451 e. The van der Waals surface area contributed by atoms with Crippen LogP contribution in [0.5, 0.6) is 0 Å². The summed E-state index contributed by atoms with van der Waals surface area (Å²) in [6.45, 7) is 1.53. The molecule has 0 saturated carbocycles. The second-order valence-electron chi connectivity index (χ2n) is 5.97. The number of aryl methyl sites for hydroxylation is 2. The van der Waals surface area contributed by atoms with Gasteiger partial charge in [0.15, 0.2) is 6.10 Å². The topological polar surface area (TPSA) is 43.4 Å². The molecule has 0 spiro atoms. The summed E-state index contributed by atoms with van der Waals surface area (Å²) in [5.41, 5.74) is 2.96. The van der Waals surface area contributed by atoms with E-state index in [1.165, 1.54) is 30.2 Å². The summed E-state index contributed by atoms with van der Waals surface area (Å²) in [7, 11) is 0. The van der Waals surface area contributed by atoms with Crippen molar-refractivity contribution in [3.63, 3.8) is 0 Å². The van der Waals surface area contributed by atoms with Gasteiger partial charge in [-0.3, -0.25) is 4.79 Å². The largest absolute Gasteiger partial charge is 0.451 e. The van der Waals surface area contributed by atoms with Crippen LogP contribution in [0.3, 0.4) is 0 Å². The maximum atomic E-state index is 12.6. The van der Waals surface area contributed by atoms with Crippen LogP contribution in [-0.4, -0.2) is 17.9 Å². The Morgan fingerprint density at radius 2 is 1.68 bits per heavy atom. The Bertz CT molecular complexity index is 861. The van der Waals surface area contributed by atoms with Gasteiger partial charge in [-0.25, -0.2) is 4.79 Å². The first kappa shape index (κ1) is 18.2. The minimum atomic E-state index is -0.960. The molecule has 0 aliphatic heterocycles. The average Bonchev–Trinajstić information content (AvgIpc) is 3.05. The third-order valence-electron chi connectivity index (χ3n) is 4.28. The highest BCUT2D eigenvalue weighted by Crippen LogP contribution is 2.32. The molecule has 0 fully saturated rings. The zero-order valence-electron chi connectivity index (χ0n) is 13.4. The zero-order chi connectivity index (χ0) is 18.1. The first-order valence-electron chi connectivity index (χ1n) is 7.89. The Morgan fingerprint density at radius 3 is 2.44 bits per heavy atom. The first-order chi connectivity index (χ1) is 11.9. The van der Waals surface area contributed by atoms with Crippen LogP contribution in [0.2, 0.25) is 15.1 Å². The van der Waals surface area contributed by atoms with Crippen molar-refractivity contribution in [1.82, 2.24) is 0 Å². The van der Waals surface area contributed by atoms with Crippen LogP contribution >= 0.6 is 34.8 Å². The van der Waals surface area contributed by atoms with Crippen molar-refractivity contribution >= 4 is 46.6 Å². The van der Waals surface area contributed by atoms with E-state index >= 15 is 0 Å². The van der Waals surface area contributed by atoms with Crippen molar-refractivity contribution in [3.8, 4) is 0 Å². The highest BCUT2D eigenvalue weighted by molar-refractivity contribution is 6.46. The van der Waals surface area contributed by atoms with Gasteiger partial charge in [0.25, 0.3) is 0 Å². The summed E-state index contributed by atoms with van der Waals surface area (Å²) >= 11 is 18.0. The average molecular weight is 398 g/mol. The number of benzene rings is 2. The van der Waals surface area contributed by atoms with Gasteiger partial charge >= 0.3 is 5.97 Å². The second kappa shape index (κ2) is 7.36. The van der Waals surface area contributed by atoms with E-state index in [1.54, 1.807) is 6.07 Å². The number of halogens is 3. The predicted molar refractivity (Wildman–Crippen MR) is 99.1 cm³/mol. The van der Waals surface area contributed by atoms with Crippen LogP contribution in [0.25, 0.3) is 0 Å². The summed E-state index contributed by atoms with van der Waals surface area (Å²) in [6.07, 6.45) is 2.15. The number of carbonyl (C=O) groups excluding carboxylic acids is 2. The Kier molecular flexibility index (Phi) is 5.38. The molecule has 0 N–H and O–H groups in total. The second-order valence-corrected chi connectivity index (χ2v) is 7.16. The quantitative estimate of drug-likeness (QED) is 0.385. The number of esters is 1. The highest BCUT2D eigenvalue weighted by Gasteiger charge is 2.25. The molecule has 3 rings (SSSR count). The maximum absolute atomic E-state index is 12.6. The molecule has 0 bridgehead atoms. The van der Waals surface area contributed by atoms with Crippen molar-refractivity contribution in [2.45, 2.75) is 32.3 Å². The Morgan fingerprint density at radius 1 is 1.00 bits per heavy atom. The van der Waals surface area contributed by atoms with E-state index in [0.717, 1.165) is 19.3 Å². The molecule has 6 heteroatoms. The van der Waals surface area contributed by atoms with E-state index in [1.807, 2.05) is 12.1 Å². The van der Waals surface area contributed by atoms with Crippen molar-refractivity contribution in [1.29, 1.82) is 0 Å². The van der Waals surface area contributed by atoms with Gasteiger partial charge in [-0.05, 0) is 55.5 Å². The van der Waals surface area contributed by atoms with E-state index in [4.69, 9.17) is 39.5 Å². The van der Waals surface area contributed by atoms with E-state index in [-0.39, 0.29) is 26.4 Å². The lowest BCUT2D eigenvalue weighted by molar-refractivity contribution is 0.0319. The van der Waals surface area contributed by atoms with E-state index < -0.39 is 12.1 Å². The normalized spacial score (nSPS) is 14.1. The predicted octanol–water partition coefficient (Wildman–Crippen LogP) is 5.56. The van der Waals surface area contributed by atoms with Crippen LogP contribution in [0.1, 0.15) is 45.2 Å². The number of fused-ring (bicyclic) bond motifs is 1. The number of carbonyl (C=O) groups is 2. The van der Waals surface area contributed by atoms with Gasteiger partial charge in [0.05, 0.1) is 20.6 Å². The van der Waals surface area contributed by atoms with Gasteiger partial charge in [0, 0.05) is 5.56 Å². The number of hydrogen-bond donors (Lipinski definition) is 0. The lowest BCUT2D eigenvalue weighted by Crippen LogP contribution is -2.25. The molecule has 2 aromatic carbocycles. The molecule has 0 radical (unpaired) electrons. The van der Waals surface area contributed by atoms with Crippen LogP contribution in [0.15, 0.2) is 30.3 Å². The number of ether oxygens (including phenoxy) is 1. The van der Waals surface area contributed by atoms with Gasteiger partial charge in [-0.1, -0.05) is 46.9 Å². The number of ketones is 1. The first-order valence-corrected chi connectivity index (χ1v) is 9.02. The van der Waals surface area contributed by atoms with Crippen LogP contribution in [-0.2, 0) is 17.6 Å². The summed E-state index contributed by atoms with van der Waals surface area (Å²) in [4.78, 5) is 24.9. The number of Topliss-reactive ketones (excluding diaryl/α,β-unsaturated/α-hetero) is 1. The van der Waals surface area contributed by atoms with E-state index in [9.17, 15) is 9.59 Å². The maximum Gasteiger partial charge on any atom is 0.341 e. The fourth-order valence-corrected chi connectivity index (χ4v) is 3.63. The number of rotatable bonds is 4. The molecule has 1 aliphatic carbocycles. The molecule has 25 heavy (non-hydrogen) atoms. The molecule has 2 aromatic rings. The molecule has 1 aliphatic rings. The third-order valence-corrected chi connectivity index (χ3v) is 5.40. The third kappa shape index (κ3) is 3.69. The monoisotopic (exact) mass is 396 g/mol. The van der Waals surface area contributed by atoms with Gasteiger partial charge in [-0.15, -0.1) is 0 Å². The van der Waals surface area contributed by atoms with Crippen molar-refractivity contribution in [3.05, 3.63) is 67.7 Å². The number of hydrogen-bond acceptors (Lipinski definition) is 3. The lowest BCUT2D eigenvalue weighted by Gasteiger charge is -2.15. The molecular formula is C19H15Cl3O3. The molecule has 0 unspecified atom stereocenters. The molecule has 0 amide bonds. The van der Waals surface area contributed by atoms with E-state index in [0.29, 0.717) is 5.56 Å². The smallest absolute Gasteiger partial charge is 0.341 e. The fraction of sp³-hybridized carbons (Fsp3) is 0.263. The molecule has 3 nitrogen and oxygen atoms in total. The van der Waals surface area contributed by atoms with Crippen molar-refractivity contribution in [2.75, 3.05) is 0 Å². The Balaban J connectivity index is 1.78. The minimum absolute atomic E-state index is 0.0105. The molecule has 130 valence electrons. The van der Waals surface area contributed by atoms with Gasteiger partial charge in [0.1, 0.15) is 0 Å². The Labute approximate surface area is 160 Å². The van der Waals surface area contributed by atoms with Gasteiger partial charge in [-0.2, -0.15) is 0 Å². The van der Waals surface area contributed by atoms with Crippen LogP contribution in [0, 0.1) is 0 Å². The summed E-state index contributed by atoms with van der Waals surface area (Å²) in [5, 5.41) is 0.323. The highest BCUT2D eigenvalue weighted by atomic mass is 35.5. The summed E-state index contributed by atoms with van der Waals surface area (Å²) in [5.74, 6) is -1.04. The zero-order valence-corrected chi connectivity index (χ0v) is 15.7. The van der Waals surface area contributed by atoms with Gasteiger partial charge in [0.2, 0.25) is 5.78 Å². The lowest BCUT2D eigenvalue weighted by atomic mass is 10.0.